The van der Waals surface area contributed by atoms with E-state index in [9.17, 15) is 22.8 Å². The minimum atomic E-state index is -0.903. The highest BCUT2D eigenvalue weighted by molar-refractivity contribution is 7.16. The monoisotopic (exact) mass is 380 g/mol. The maximum absolute atomic E-state index is 14.2. The third-order valence-corrected chi connectivity index (χ3v) is 4.50. The zero-order valence-electron chi connectivity index (χ0n) is 13.3. The van der Waals surface area contributed by atoms with E-state index in [-0.39, 0.29) is 20.6 Å². The summed E-state index contributed by atoms with van der Waals surface area (Å²) in [4.78, 5) is 27.7. The Balaban J connectivity index is 2.20. The van der Waals surface area contributed by atoms with Crippen LogP contribution in [0.2, 0.25) is 0 Å². The van der Waals surface area contributed by atoms with E-state index in [0.717, 1.165) is 35.1 Å². The number of carbonyl (C=O) groups excluding carboxylic acids is 2. The Morgan fingerprint density at radius 3 is 2.62 bits per heavy atom. The molecule has 2 aromatic carbocycles. The first-order valence-corrected chi connectivity index (χ1v) is 8.10. The van der Waals surface area contributed by atoms with Gasteiger partial charge in [-0.05, 0) is 24.3 Å². The number of hydrogen-bond acceptors (Lipinski definition) is 4. The van der Waals surface area contributed by atoms with E-state index in [2.05, 4.69) is 9.73 Å². The van der Waals surface area contributed by atoms with Crippen molar-refractivity contribution in [3.05, 3.63) is 64.2 Å². The van der Waals surface area contributed by atoms with E-state index in [4.69, 9.17) is 0 Å². The van der Waals surface area contributed by atoms with Crippen LogP contribution in [0.25, 0.3) is 10.2 Å². The predicted molar refractivity (Wildman–Crippen MR) is 88.0 cm³/mol. The Labute approximate surface area is 149 Å². The lowest BCUT2D eigenvalue weighted by molar-refractivity contribution is -0.141. The molecular formula is C17H11F3N2O3S. The molecule has 0 N–H and O–H groups in total. The van der Waals surface area contributed by atoms with Gasteiger partial charge in [0.2, 0.25) is 0 Å². The summed E-state index contributed by atoms with van der Waals surface area (Å²) < 4.78 is 46.8. The average Bonchev–Trinajstić information content (AvgIpc) is 2.91. The fourth-order valence-electron chi connectivity index (χ4n) is 2.33. The molecule has 0 aliphatic heterocycles. The van der Waals surface area contributed by atoms with Crippen molar-refractivity contribution in [1.82, 2.24) is 4.57 Å². The average molecular weight is 380 g/mol. The quantitative estimate of drug-likeness (QED) is 0.657. The number of aromatic nitrogens is 1. The minimum Gasteiger partial charge on any atom is -0.468 e. The Morgan fingerprint density at radius 2 is 1.92 bits per heavy atom. The fraction of sp³-hybridized carbons (Fsp3) is 0.118. The lowest BCUT2D eigenvalue weighted by atomic mass is 10.2. The molecule has 0 saturated heterocycles. The van der Waals surface area contributed by atoms with Crippen LogP contribution in [-0.4, -0.2) is 23.6 Å². The first kappa shape index (κ1) is 17.9. The molecule has 0 unspecified atom stereocenters. The van der Waals surface area contributed by atoms with Crippen molar-refractivity contribution in [2.24, 2.45) is 4.99 Å². The lowest BCUT2D eigenvalue weighted by Crippen LogP contribution is -2.23. The van der Waals surface area contributed by atoms with Crippen molar-refractivity contribution in [2.75, 3.05) is 7.11 Å². The van der Waals surface area contributed by atoms with Crippen molar-refractivity contribution >= 4 is 33.4 Å². The second-order valence-electron chi connectivity index (χ2n) is 5.21. The summed E-state index contributed by atoms with van der Waals surface area (Å²) in [6.07, 6.45) is 0. The number of carbonyl (C=O) groups is 2. The summed E-state index contributed by atoms with van der Waals surface area (Å²) >= 11 is 0.826. The topological polar surface area (TPSA) is 60.7 Å². The van der Waals surface area contributed by atoms with Gasteiger partial charge in [-0.15, -0.1) is 0 Å². The number of ether oxygens (including phenoxy) is 1. The number of fused-ring (bicyclic) bond motifs is 1. The van der Waals surface area contributed by atoms with Gasteiger partial charge in [0.05, 0.1) is 17.3 Å². The van der Waals surface area contributed by atoms with Gasteiger partial charge in [0, 0.05) is 11.6 Å². The molecule has 0 aliphatic carbocycles. The SMILES string of the molecule is COC(=O)Cn1c(=NC(=O)c2cccc(F)c2)sc2cc(F)cc(F)c21. The number of methoxy groups -OCH3 is 1. The smallest absolute Gasteiger partial charge is 0.325 e. The largest absolute Gasteiger partial charge is 0.468 e. The van der Waals surface area contributed by atoms with Crippen molar-refractivity contribution in [1.29, 1.82) is 0 Å². The zero-order chi connectivity index (χ0) is 18.8. The predicted octanol–water partition coefficient (Wildman–Crippen LogP) is 3.03. The van der Waals surface area contributed by atoms with Crippen molar-refractivity contribution in [3.63, 3.8) is 0 Å². The zero-order valence-corrected chi connectivity index (χ0v) is 14.1. The normalized spacial score (nSPS) is 11.8. The molecule has 0 spiro atoms. The molecule has 3 rings (SSSR count). The summed E-state index contributed by atoms with van der Waals surface area (Å²) in [7, 11) is 1.15. The van der Waals surface area contributed by atoms with Gasteiger partial charge >= 0.3 is 5.97 Å². The lowest BCUT2D eigenvalue weighted by Gasteiger charge is -2.04. The van der Waals surface area contributed by atoms with Crippen LogP contribution in [0.1, 0.15) is 10.4 Å². The number of thiazole rings is 1. The molecule has 5 nitrogen and oxygen atoms in total. The summed E-state index contributed by atoms with van der Waals surface area (Å²) in [5, 5.41) is 0. The van der Waals surface area contributed by atoms with Gasteiger partial charge in [-0.25, -0.2) is 13.2 Å². The fourth-order valence-corrected chi connectivity index (χ4v) is 3.39. The number of nitrogens with zero attached hydrogens (tertiary/aromatic N) is 2. The molecule has 134 valence electrons. The molecule has 1 amide bonds. The second kappa shape index (κ2) is 7.12. The van der Waals surface area contributed by atoms with Gasteiger partial charge in [-0.1, -0.05) is 17.4 Å². The molecule has 26 heavy (non-hydrogen) atoms. The highest BCUT2D eigenvalue weighted by Crippen LogP contribution is 2.22. The first-order chi connectivity index (χ1) is 12.4. The van der Waals surface area contributed by atoms with E-state index < -0.39 is 35.9 Å². The Hall–Kier alpha value is -2.94. The highest BCUT2D eigenvalue weighted by Gasteiger charge is 2.17. The van der Waals surface area contributed by atoms with E-state index >= 15 is 0 Å². The van der Waals surface area contributed by atoms with Crippen molar-refractivity contribution in [3.8, 4) is 0 Å². The molecule has 0 radical (unpaired) electrons. The van der Waals surface area contributed by atoms with E-state index in [1.54, 1.807) is 0 Å². The molecule has 9 heteroatoms. The summed E-state index contributed by atoms with van der Waals surface area (Å²) in [5.74, 6) is -3.80. The van der Waals surface area contributed by atoms with Gasteiger partial charge < -0.3 is 9.30 Å². The van der Waals surface area contributed by atoms with Gasteiger partial charge in [0.15, 0.2) is 10.6 Å². The Kier molecular flexibility index (Phi) is 4.90. The number of halogens is 3. The third kappa shape index (κ3) is 3.52. The van der Waals surface area contributed by atoms with Gasteiger partial charge in [-0.3, -0.25) is 9.59 Å². The standard InChI is InChI=1S/C17H11F3N2O3S/c1-25-14(23)8-22-15-12(20)6-11(19)7-13(15)26-17(22)21-16(24)9-3-2-4-10(18)5-9/h2-7H,8H2,1H3. The molecular weight excluding hydrogens is 369 g/mol. The molecule has 0 atom stereocenters. The maximum Gasteiger partial charge on any atom is 0.325 e. The van der Waals surface area contributed by atoms with Crippen LogP contribution in [0.4, 0.5) is 13.2 Å². The maximum atomic E-state index is 14.2. The summed E-state index contributed by atoms with van der Waals surface area (Å²) in [5.41, 5.74) is -0.0914. The van der Waals surface area contributed by atoms with E-state index in [1.165, 1.54) is 18.2 Å². The molecule has 1 heterocycles. The number of amides is 1. The first-order valence-electron chi connectivity index (χ1n) is 7.29. The number of hydrogen-bond donors (Lipinski definition) is 0. The van der Waals surface area contributed by atoms with Gasteiger partial charge in [0.25, 0.3) is 5.91 Å². The summed E-state index contributed by atoms with van der Waals surface area (Å²) in [6, 6.07) is 6.63. The van der Waals surface area contributed by atoms with Crippen LogP contribution < -0.4 is 4.80 Å². The summed E-state index contributed by atoms with van der Waals surface area (Å²) in [6.45, 7) is -0.422. The van der Waals surface area contributed by atoms with Gasteiger partial charge in [-0.2, -0.15) is 4.99 Å². The number of esters is 1. The van der Waals surface area contributed by atoms with Crippen LogP contribution >= 0.6 is 11.3 Å². The molecule has 1 aromatic heterocycles. The van der Waals surface area contributed by atoms with Crippen molar-refractivity contribution < 1.29 is 27.5 Å². The third-order valence-electron chi connectivity index (χ3n) is 3.48. The van der Waals surface area contributed by atoms with Crippen LogP contribution in [0, 0.1) is 17.5 Å². The minimum absolute atomic E-state index is 0.0151. The molecule has 0 bridgehead atoms. The van der Waals surface area contributed by atoms with Crippen molar-refractivity contribution in [2.45, 2.75) is 6.54 Å². The molecule has 0 fully saturated rings. The molecule has 0 aliphatic rings. The highest BCUT2D eigenvalue weighted by atomic mass is 32.1. The van der Waals surface area contributed by atoms with Crippen LogP contribution in [0.5, 0.6) is 0 Å². The van der Waals surface area contributed by atoms with E-state index in [1.807, 2.05) is 0 Å². The van der Waals surface area contributed by atoms with E-state index in [0.29, 0.717) is 6.07 Å². The Bertz CT molecular complexity index is 1090. The number of benzene rings is 2. The molecule has 3 aromatic rings. The number of rotatable bonds is 3. The van der Waals surface area contributed by atoms with Crippen LogP contribution in [0.3, 0.4) is 0 Å². The van der Waals surface area contributed by atoms with Gasteiger partial charge in [0.1, 0.15) is 18.2 Å². The second-order valence-corrected chi connectivity index (χ2v) is 6.22. The van der Waals surface area contributed by atoms with Crippen LogP contribution in [-0.2, 0) is 16.1 Å². The van der Waals surface area contributed by atoms with Crippen LogP contribution in [0.15, 0.2) is 41.4 Å². The Morgan fingerprint density at radius 1 is 1.15 bits per heavy atom. The molecule has 0 saturated carbocycles.